The zero-order chi connectivity index (χ0) is 16.2. The fourth-order valence-corrected chi connectivity index (χ4v) is 1.29. The summed E-state index contributed by atoms with van der Waals surface area (Å²) in [4.78, 5) is 10.8. The molecule has 0 aromatic carbocycles. The van der Waals surface area contributed by atoms with Gasteiger partial charge in [0, 0.05) is 12.0 Å². The Kier molecular flexibility index (Phi) is 6.11. The third kappa shape index (κ3) is 4.72. The van der Waals surface area contributed by atoms with Crippen molar-refractivity contribution in [2.24, 2.45) is 0 Å². The van der Waals surface area contributed by atoms with Crippen LogP contribution in [0.15, 0.2) is 12.2 Å². The van der Waals surface area contributed by atoms with E-state index in [9.17, 15) is 30.8 Å². The molecule has 0 aromatic rings. The van der Waals surface area contributed by atoms with E-state index in [1.165, 1.54) is 6.92 Å². The van der Waals surface area contributed by atoms with Gasteiger partial charge in [-0.1, -0.05) is 6.58 Å². The molecule has 6 nitrogen and oxygen atoms in total. The van der Waals surface area contributed by atoms with E-state index in [1.54, 1.807) is 0 Å². The van der Waals surface area contributed by atoms with Crippen molar-refractivity contribution in [3.05, 3.63) is 12.2 Å². The van der Waals surface area contributed by atoms with E-state index in [1.807, 2.05) is 0 Å². The third-order valence-corrected chi connectivity index (χ3v) is 2.88. The number of esters is 1. The zero-order valence-corrected chi connectivity index (χ0v) is 11.1. The van der Waals surface area contributed by atoms with Gasteiger partial charge < -0.3 is 9.47 Å². The van der Waals surface area contributed by atoms with Crippen LogP contribution >= 0.6 is 0 Å². The Bertz CT molecular complexity index is 473. The van der Waals surface area contributed by atoms with Crippen molar-refractivity contribution >= 4 is 16.1 Å². The van der Waals surface area contributed by atoms with Crippen LogP contribution in [0.4, 0.5) is 17.6 Å². The maximum Gasteiger partial charge on any atom is 0.431 e. The van der Waals surface area contributed by atoms with Crippen LogP contribution in [0.25, 0.3) is 0 Å². The Morgan fingerprint density at radius 1 is 1.30 bits per heavy atom. The van der Waals surface area contributed by atoms with E-state index >= 15 is 0 Å². The smallest absolute Gasteiger partial charge is 0.431 e. The van der Waals surface area contributed by atoms with Gasteiger partial charge in [0.2, 0.25) is 0 Å². The van der Waals surface area contributed by atoms with E-state index < -0.39 is 47.1 Å². The van der Waals surface area contributed by atoms with E-state index in [2.05, 4.69) is 16.1 Å². The van der Waals surface area contributed by atoms with E-state index in [-0.39, 0.29) is 5.57 Å². The first-order chi connectivity index (χ1) is 8.83. The van der Waals surface area contributed by atoms with Gasteiger partial charge in [0.15, 0.2) is 6.79 Å². The van der Waals surface area contributed by atoms with Crippen LogP contribution in [0.3, 0.4) is 0 Å². The van der Waals surface area contributed by atoms with Crippen molar-refractivity contribution in [1.29, 1.82) is 0 Å². The number of alkyl halides is 4. The average Bonchev–Trinajstić information content (AvgIpc) is 2.26. The van der Waals surface area contributed by atoms with E-state index in [4.69, 9.17) is 4.55 Å². The van der Waals surface area contributed by atoms with Crippen LogP contribution in [-0.4, -0.2) is 43.5 Å². The predicted octanol–water partition coefficient (Wildman–Crippen LogP) is 1.59. The zero-order valence-electron chi connectivity index (χ0n) is 10.2. The number of carbonyl (C=O) groups excluding carboxylic acids is 1. The minimum atomic E-state index is -6.26. The number of halogens is 4. The largest absolute Gasteiger partial charge is 0.435 e. The average molecular weight is 324 g/mol. The molecule has 0 amide bonds. The Morgan fingerprint density at radius 3 is 2.20 bits per heavy atom. The molecule has 0 aliphatic heterocycles. The fourth-order valence-electron chi connectivity index (χ4n) is 0.812. The minimum absolute atomic E-state index is 0.0110. The lowest BCUT2D eigenvalue weighted by Gasteiger charge is -2.23. The van der Waals surface area contributed by atoms with Crippen molar-refractivity contribution in [3.8, 4) is 0 Å². The Balaban J connectivity index is 4.32. The molecule has 0 aromatic heterocycles. The van der Waals surface area contributed by atoms with Gasteiger partial charge in [-0.2, -0.15) is 26.0 Å². The van der Waals surface area contributed by atoms with E-state index in [0.29, 0.717) is 0 Å². The standard InChI is InChI=1S/C9H12F4O6S/c1-6(2)7(14)19-5-18-4-3-8(10,11)9(12,13)20(15,16)17/h1,3-5H2,2H3,(H,15,16,17). The fraction of sp³-hybridized carbons (Fsp3) is 0.667. The molecule has 118 valence electrons. The summed E-state index contributed by atoms with van der Waals surface area (Å²) in [6, 6.07) is 0. The van der Waals surface area contributed by atoms with Crippen LogP contribution in [0.5, 0.6) is 0 Å². The van der Waals surface area contributed by atoms with Crippen LogP contribution in [0, 0.1) is 0 Å². The van der Waals surface area contributed by atoms with Gasteiger partial charge in [0.25, 0.3) is 0 Å². The van der Waals surface area contributed by atoms with Crippen LogP contribution in [-0.2, 0) is 24.4 Å². The first-order valence-corrected chi connectivity index (χ1v) is 6.40. The molecule has 0 radical (unpaired) electrons. The Morgan fingerprint density at radius 2 is 1.80 bits per heavy atom. The molecule has 0 rings (SSSR count). The normalized spacial score (nSPS) is 13.1. The number of hydrogen-bond donors (Lipinski definition) is 1. The van der Waals surface area contributed by atoms with Crippen molar-refractivity contribution in [1.82, 2.24) is 0 Å². The first-order valence-electron chi connectivity index (χ1n) is 4.96. The molecule has 0 aliphatic rings. The van der Waals surface area contributed by atoms with Gasteiger partial charge in [-0.25, -0.2) is 4.79 Å². The lowest BCUT2D eigenvalue weighted by Crippen LogP contribution is -2.47. The highest BCUT2D eigenvalue weighted by atomic mass is 32.2. The quantitative estimate of drug-likeness (QED) is 0.182. The van der Waals surface area contributed by atoms with Gasteiger partial charge in [-0.3, -0.25) is 4.55 Å². The summed E-state index contributed by atoms with van der Waals surface area (Å²) >= 11 is 0. The maximum atomic E-state index is 12.9. The first kappa shape index (κ1) is 18.8. The second kappa shape index (κ2) is 6.50. The molecule has 0 atom stereocenters. The number of rotatable bonds is 8. The van der Waals surface area contributed by atoms with Crippen molar-refractivity contribution in [2.75, 3.05) is 13.4 Å². The lowest BCUT2D eigenvalue weighted by molar-refractivity contribution is -0.178. The van der Waals surface area contributed by atoms with Gasteiger partial charge in [-0.15, -0.1) is 0 Å². The van der Waals surface area contributed by atoms with Crippen LogP contribution in [0.2, 0.25) is 0 Å². The molecule has 0 unspecified atom stereocenters. The van der Waals surface area contributed by atoms with Gasteiger partial charge in [0.05, 0.1) is 6.61 Å². The SMILES string of the molecule is C=C(C)C(=O)OCOCCC(F)(F)C(F)(F)S(=O)(=O)O. The summed E-state index contributed by atoms with van der Waals surface area (Å²) in [7, 11) is -6.26. The second-order valence-corrected chi connectivity index (χ2v) is 5.15. The maximum absolute atomic E-state index is 12.9. The Hall–Kier alpha value is -1.20. The summed E-state index contributed by atoms with van der Waals surface area (Å²) in [5, 5.41) is -5.64. The molecule has 0 spiro atoms. The number of carbonyl (C=O) groups is 1. The summed E-state index contributed by atoms with van der Waals surface area (Å²) < 4.78 is 88.3. The minimum Gasteiger partial charge on any atom is -0.435 e. The molecule has 0 bridgehead atoms. The molecule has 0 fully saturated rings. The monoisotopic (exact) mass is 324 g/mol. The molecule has 0 aliphatic carbocycles. The van der Waals surface area contributed by atoms with Crippen molar-refractivity contribution < 1.29 is 44.8 Å². The molecule has 0 heterocycles. The van der Waals surface area contributed by atoms with Crippen molar-refractivity contribution in [2.45, 2.75) is 24.5 Å². The van der Waals surface area contributed by atoms with Gasteiger partial charge >= 0.3 is 27.3 Å². The summed E-state index contributed by atoms with van der Waals surface area (Å²) in [6.07, 6.45) is -1.70. The highest BCUT2D eigenvalue weighted by Gasteiger charge is 2.65. The van der Waals surface area contributed by atoms with Crippen LogP contribution in [0.1, 0.15) is 13.3 Å². The van der Waals surface area contributed by atoms with Gasteiger partial charge in [-0.05, 0) is 6.92 Å². The third-order valence-electron chi connectivity index (χ3n) is 1.93. The molecule has 1 N–H and O–H groups in total. The highest BCUT2D eigenvalue weighted by Crippen LogP contribution is 2.40. The number of hydrogen-bond acceptors (Lipinski definition) is 5. The molecule has 11 heteroatoms. The summed E-state index contributed by atoms with van der Waals surface area (Å²) in [5.74, 6) is -5.92. The van der Waals surface area contributed by atoms with Crippen LogP contribution < -0.4 is 0 Å². The van der Waals surface area contributed by atoms with Crippen molar-refractivity contribution in [3.63, 3.8) is 0 Å². The molecule has 0 saturated carbocycles. The van der Waals surface area contributed by atoms with E-state index in [0.717, 1.165) is 0 Å². The molecule has 20 heavy (non-hydrogen) atoms. The second-order valence-electron chi connectivity index (χ2n) is 3.68. The summed E-state index contributed by atoms with van der Waals surface area (Å²) in [5.41, 5.74) is 0.0110. The lowest BCUT2D eigenvalue weighted by atomic mass is 10.2. The molecular weight excluding hydrogens is 312 g/mol. The highest BCUT2D eigenvalue weighted by molar-refractivity contribution is 7.87. The van der Waals surface area contributed by atoms with Gasteiger partial charge in [0.1, 0.15) is 0 Å². The Labute approximate surface area is 112 Å². The number of ether oxygens (including phenoxy) is 2. The predicted molar refractivity (Wildman–Crippen MR) is 57.8 cm³/mol. The topological polar surface area (TPSA) is 89.9 Å². The summed E-state index contributed by atoms with van der Waals surface area (Å²) in [6.45, 7) is 2.70. The molecular formula is C9H12F4O6S. The molecule has 0 saturated heterocycles.